The molecule has 0 aliphatic rings. The highest BCUT2D eigenvalue weighted by Crippen LogP contribution is 1.98. The van der Waals surface area contributed by atoms with E-state index in [4.69, 9.17) is 16.3 Å². The van der Waals surface area contributed by atoms with Gasteiger partial charge in [0.2, 0.25) is 0 Å². The fourth-order valence-corrected chi connectivity index (χ4v) is 0.397. The molecule has 14 heavy (non-hydrogen) atoms. The van der Waals surface area contributed by atoms with Crippen molar-refractivity contribution in [2.24, 2.45) is 5.73 Å². The Hall–Kier alpha value is -2.60. The number of rotatable bonds is 2. The second-order valence-corrected chi connectivity index (χ2v) is 1.96. The predicted molar refractivity (Wildman–Crippen MR) is 43.7 cm³/mol. The van der Waals surface area contributed by atoms with Crippen LogP contribution in [0.2, 0.25) is 0 Å². The van der Waals surface area contributed by atoms with Crippen LogP contribution in [-0.4, -0.2) is 11.9 Å². The number of nitrogens with zero attached hydrogens (tertiary/aromatic N) is 2. The third kappa shape index (κ3) is 2.80. The SMILES string of the molecule is C=C(C#N)C(=O)OC(=O)C(C#N)=CN. The van der Waals surface area contributed by atoms with Gasteiger partial charge in [-0.25, -0.2) is 9.59 Å². The van der Waals surface area contributed by atoms with Crippen LogP contribution in [0.3, 0.4) is 0 Å². The van der Waals surface area contributed by atoms with Gasteiger partial charge in [0.05, 0.1) is 0 Å². The van der Waals surface area contributed by atoms with Crippen LogP contribution in [0.25, 0.3) is 0 Å². The van der Waals surface area contributed by atoms with E-state index < -0.39 is 23.1 Å². The molecule has 0 amide bonds. The summed E-state index contributed by atoms with van der Waals surface area (Å²) >= 11 is 0. The second kappa shape index (κ2) is 5.12. The molecule has 0 aliphatic carbocycles. The molecule has 6 heteroatoms. The third-order valence-corrected chi connectivity index (χ3v) is 1.07. The van der Waals surface area contributed by atoms with Crippen LogP contribution >= 0.6 is 0 Å². The van der Waals surface area contributed by atoms with Gasteiger partial charge in [0.25, 0.3) is 0 Å². The van der Waals surface area contributed by atoms with Crippen LogP contribution in [0.4, 0.5) is 0 Å². The zero-order chi connectivity index (χ0) is 11.1. The molecule has 0 aliphatic heterocycles. The number of hydrogen-bond acceptors (Lipinski definition) is 6. The zero-order valence-corrected chi connectivity index (χ0v) is 6.98. The standard InChI is InChI=1S/C8H5N3O3/c1-5(2-9)7(12)14-8(13)6(3-10)4-11/h3H,1,10H2. The van der Waals surface area contributed by atoms with Gasteiger partial charge < -0.3 is 10.5 Å². The molecule has 0 atom stereocenters. The van der Waals surface area contributed by atoms with Crippen LogP contribution in [0.1, 0.15) is 0 Å². The van der Waals surface area contributed by atoms with Crippen molar-refractivity contribution in [2.75, 3.05) is 0 Å². The largest absolute Gasteiger partial charge is 0.403 e. The van der Waals surface area contributed by atoms with Crippen molar-refractivity contribution in [1.29, 1.82) is 10.5 Å². The van der Waals surface area contributed by atoms with Crippen molar-refractivity contribution >= 4 is 11.9 Å². The van der Waals surface area contributed by atoms with Crippen LogP contribution in [-0.2, 0) is 14.3 Å². The van der Waals surface area contributed by atoms with E-state index in [1.165, 1.54) is 12.1 Å². The fraction of sp³-hybridized carbons (Fsp3) is 0. The fourth-order valence-electron chi connectivity index (χ4n) is 0.397. The van der Waals surface area contributed by atoms with E-state index in [1.807, 2.05) is 0 Å². The summed E-state index contributed by atoms with van der Waals surface area (Å²) in [6, 6.07) is 2.80. The van der Waals surface area contributed by atoms with E-state index in [9.17, 15) is 9.59 Å². The van der Waals surface area contributed by atoms with Gasteiger partial charge >= 0.3 is 11.9 Å². The minimum absolute atomic E-state index is 0.524. The summed E-state index contributed by atoms with van der Waals surface area (Å²) in [5, 5.41) is 16.5. The molecule has 0 aromatic heterocycles. The quantitative estimate of drug-likeness (QED) is 0.272. The Kier molecular flexibility index (Phi) is 4.17. The highest BCUT2D eigenvalue weighted by molar-refractivity contribution is 6.04. The van der Waals surface area contributed by atoms with E-state index >= 15 is 0 Å². The third-order valence-electron chi connectivity index (χ3n) is 1.07. The van der Waals surface area contributed by atoms with Crippen LogP contribution in [0, 0.1) is 22.7 Å². The molecule has 2 N–H and O–H groups in total. The van der Waals surface area contributed by atoms with Crippen molar-refractivity contribution < 1.29 is 14.3 Å². The number of esters is 2. The van der Waals surface area contributed by atoms with Crippen molar-refractivity contribution in [3.05, 3.63) is 23.9 Å². The molecule has 0 fully saturated rings. The maximum absolute atomic E-state index is 10.9. The molecule has 0 aromatic rings. The maximum atomic E-state index is 10.9. The van der Waals surface area contributed by atoms with Crippen molar-refractivity contribution in [2.45, 2.75) is 0 Å². The number of carbonyl (C=O) groups is 2. The molecule has 0 bridgehead atoms. The molecular formula is C8H5N3O3. The Labute approximate surface area is 79.5 Å². The first-order valence-corrected chi connectivity index (χ1v) is 3.24. The Balaban J connectivity index is 4.53. The highest BCUT2D eigenvalue weighted by Gasteiger charge is 2.17. The van der Waals surface area contributed by atoms with Gasteiger partial charge in [-0.15, -0.1) is 0 Å². The average molecular weight is 191 g/mol. The normalized spacial score (nSPS) is 9.43. The first kappa shape index (κ1) is 11.4. The first-order chi connectivity index (χ1) is 6.56. The summed E-state index contributed by atoms with van der Waals surface area (Å²) in [4.78, 5) is 21.7. The first-order valence-electron chi connectivity index (χ1n) is 3.24. The minimum Gasteiger partial charge on any atom is -0.403 e. The van der Waals surface area contributed by atoms with Crippen molar-refractivity contribution in [3.63, 3.8) is 0 Å². The molecule has 70 valence electrons. The Morgan fingerprint density at radius 1 is 1.29 bits per heavy atom. The minimum atomic E-state index is -1.21. The number of ether oxygens (including phenoxy) is 1. The highest BCUT2D eigenvalue weighted by atomic mass is 16.6. The van der Waals surface area contributed by atoms with Crippen LogP contribution < -0.4 is 5.73 Å². The van der Waals surface area contributed by atoms with E-state index in [2.05, 4.69) is 11.3 Å². The van der Waals surface area contributed by atoms with E-state index in [1.54, 1.807) is 0 Å². The number of carbonyl (C=O) groups excluding carboxylic acids is 2. The molecule has 0 heterocycles. The second-order valence-electron chi connectivity index (χ2n) is 1.96. The summed E-state index contributed by atoms with van der Waals surface area (Å²) in [5.41, 5.74) is 3.83. The van der Waals surface area contributed by atoms with Crippen molar-refractivity contribution in [3.8, 4) is 12.1 Å². The molecule has 0 spiro atoms. The molecule has 6 nitrogen and oxygen atoms in total. The smallest absolute Gasteiger partial charge is 0.358 e. The van der Waals surface area contributed by atoms with Gasteiger partial charge in [0.15, 0.2) is 5.57 Å². The summed E-state index contributed by atoms with van der Waals surface area (Å²) in [6.45, 7) is 3.02. The lowest BCUT2D eigenvalue weighted by Gasteiger charge is -1.97. The molecule has 0 rings (SSSR count). The van der Waals surface area contributed by atoms with Gasteiger partial charge in [0.1, 0.15) is 17.7 Å². The summed E-state index contributed by atoms with van der Waals surface area (Å²) in [5.74, 6) is -2.41. The molecule has 0 saturated carbocycles. The number of nitrogens with two attached hydrogens (primary N) is 1. The number of nitriles is 2. The lowest BCUT2D eigenvalue weighted by molar-refractivity contribution is -0.153. The molecule has 0 unspecified atom stereocenters. The Morgan fingerprint density at radius 2 is 1.86 bits per heavy atom. The van der Waals surface area contributed by atoms with Crippen molar-refractivity contribution in [1.82, 2.24) is 0 Å². The summed E-state index contributed by atoms with van der Waals surface area (Å²) in [7, 11) is 0. The summed E-state index contributed by atoms with van der Waals surface area (Å²) < 4.78 is 4.08. The van der Waals surface area contributed by atoms with E-state index in [0.29, 0.717) is 6.20 Å². The van der Waals surface area contributed by atoms with Gasteiger partial charge in [-0.1, -0.05) is 6.58 Å². The zero-order valence-electron chi connectivity index (χ0n) is 6.98. The predicted octanol–water partition coefficient (Wildman–Crippen LogP) is -0.498. The molecular weight excluding hydrogens is 186 g/mol. The van der Waals surface area contributed by atoms with Crippen LogP contribution in [0.5, 0.6) is 0 Å². The molecule has 0 radical (unpaired) electrons. The lowest BCUT2D eigenvalue weighted by Crippen LogP contribution is -2.15. The topological polar surface area (TPSA) is 117 Å². The Morgan fingerprint density at radius 3 is 2.21 bits per heavy atom. The number of hydrogen-bond donors (Lipinski definition) is 1. The van der Waals surface area contributed by atoms with Gasteiger partial charge in [-0.2, -0.15) is 10.5 Å². The van der Waals surface area contributed by atoms with Gasteiger partial charge in [-0.3, -0.25) is 0 Å². The summed E-state index contributed by atoms with van der Waals surface area (Å²) in [6.07, 6.45) is 0.699. The molecule has 0 aromatic carbocycles. The average Bonchev–Trinajstić information content (AvgIpc) is 2.18. The maximum Gasteiger partial charge on any atom is 0.358 e. The monoisotopic (exact) mass is 191 g/mol. The van der Waals surface area contributed by atoms with Gasteiger partial charge in [0, 0.05) is 6.20 Å². The Bertz CT molecular complexity index is 395. The lowest BCUT2D eigenvalue weighted by atomic mass is 10.3. The van der Waals surface area contributed by atoms with Crippen LogP contribution in [0.15, 0.2) is 23.9 Å². The molecule has 0 saturated heterocycles. The van der Waals surface area contributed by atoms with E-state index in [0.717, 1.165) is 0 Å². The van der Waals surface area contributed by atoms with Gasteiger partial charge in [-0.05, 0) is 0 Å². The van der Waals surface area contributed by atoms with E-state index in [-0.39, 0.29) is 0 Å².